The molecule has 0 atom stereocenters. The molecule has 0 rings (SSSR count). The number of hydrogen-bond donors (Lipinski definition) is 2. The number of imide groups is 1. The summed E-state index contributed by atoms with van der Waals surface area (Å²) in [5.41, 5.74) is 0. The first-order valence-electron chi connectivity index (χ1n) is 1.99. The fourth-order valence-corrected chi connectivity index (χ4v) is 0.219. The first kappa shape index (κ1) is 8.63. The third kappa shape index (κ3) is 2.82. The minimum atomic E-state index is -1.76. The number of aliphatic carboxylic acids is 1. The van der Waals surface area contributed by atoms with Gasteiger partial charge in [0.05, 0.1) is 0 Å². The van der Waals surface area contributed by atoms with E-state index in [0.29, 0.717) is 0 Å². The van der Waals surface area contributed by atoms with E-state index in [4.69, 9.17) is 5.11 Å². The zero-order chi connectivity index (χ0) is 8.15. The quantitative estimate of drug-likeness (QED) is 0.447. The van der Waals surface area contributed by atoms with Crippen molar-refractivity contribution in [2.45, 2.75) is 0 Å². The van der Waals surface area contributed by atoms with Gasteiger partial charge in [-0.05, 0) is 0 Å². The van der Waals surface area contributed by atoms with E-state index in [-0.39, 0.29) is 0 Å². The predicted octanol–water partition coefficient (Wildman–Crippen LogP) is -0.962. The molecular formula is C3H2N2O4S. The molecule has 0 spiro atoms. The summed E-state index contributed by atoms with van der Waals surface area (Å²) in [7, 11) is 0. The number of nitrogens with one attached hydrogen (secondary N) is 1. The van der Waals surface area contributed by atoms with E-state index in [9.17, 15) is 14.4 Å². The van der Waals surface area contributed by atoms with Gasteiger partial charge in [0, 0.05) is 12.4 Å². The minimum Gasteiger partial charge on any atom is -0.474 e. The van der Waals surface area contributed by atoms with Gasteiger partial charge in [-0.2, -0.15) is 0 Å². The van der Waals surface area contributed by atoms with Crippen LogP contribution in [0.1, 0.15) is 0 Å². The molecule has 10 heavy (non-hydrogen) atoms. The highest BCUT2D eigenvalue weighted by atomic mass is 32.1. The molecule has 0 aliphatic heterocycles. The van der Waals surface area contributed by atoms with Gasteiger partial charge in [0.25, 0.3) is 0 Å². The van der Waals surface area contributed by atoms with E-state index in [1.165, 1.54) is 5.32 Å². The highest BCUT2D eigenvalue weighted by molar-refractivity contribution is 7.47. The fourth-order valence-electron chi connectivity index (χ4n) is 0.173. The molecule has 0 aromatic heterocycles. The summed E-state index contributed by atoms with van der Waals surface area (Å²) in [6.07, 6.45) is 0. The smallest absolute Gasteiger partial charge is 0.394 e. The van der Waals surface area contributed by atoms with Crippen molar-refractivity contribution in [3.63, 3.8) is 0 Å². The highest BCUT2D eigenvalue weighted by Crippen LogP contribution is 1.71. The summed E-state index contributed by atoms with van der Waals surface area (Å²) in [4.78, 5) is 29.8. The average molecular weight is 162 g/mol. The Hall–Kier alpha value is -1.37. The topological polar surface area (TPSA) is 95.8 Å². The fraction of sp³-hybridized carbons (Fsp3) is 0. The lowest BCUT2D eigenvalue weighted by Crippen LogP contribution is -2.33. The van der Waals surface area contributed by atoms with Crippen LogP contribution in [0, 0.1) is 0 Å². The number of hydrogen-bond acceptors (Lipinski definition) is 4. The van der Waals surface area contributed by atoms with Gasteiger partial charge in [0.1, 0.15) is 0 Å². The zero-order valence-electron chi connectivity index (χ0n) is 4.53. The number of carbonyl (C=O) groups excluding carboxylic acids is 2. The summed E-state index contributed by atoms with van der Waals surface area (Å²) in [5.74, 6) is -3.20. The Bertz CT molecular complexity index is 201. The second kappa shape index (κ2) is 3.62. The molecule has 0 unspecified atom stereocenters. The summed E-state index contributed by atoms with van der Waals surface area (Å²) >= 11 is 3.85. The van der Waals surface area contributed by atoms with E-state index in [1.807, 2.05) is 0 Å². The van der Waals surface area contributed by atoms with Crippen LogP contribution in [-0.2, 0) is 22.0 Å². The van der Waals surface area contributed by atoms with Crippen molar-refractivity contribution in [1.82, 2.24) is 5.32 Å². The summed E-state index contributed by atoms with van der Waals surface area (Å²) < 4.78 is 2.56. The molecule has 0 heterocycles. The Labute approximate surface area is 60.4 Å². The summed E-state index contributed by atoms with van der Waals surface area (Å²) in [6, 6.07) is -1.15. The lowest BCUT2D eigenvalue weighted by Gasteiger charge is -1.90. The van der Waals surface area contributed by atoms with Crippen molar-refractivity contribution in [3.8, 4) is 0 Å². The molecule has 0 fully saturated rings. The maximum atomic E-state index is 10.1. The van der Waals surface area contributed by atoms with Gasteiger partial charge in [0.15, 0.2) is 0 Å². The molecule has 0 bridgehead atoms. The third-order valence-electron chi connectivity index (χ3n) is 0.498. The van der Waals surface area contributed by atoms with Crippen LogP contribution in [-0.4, -0.2) is 23.0 Å². The molecule has 7 heteroatoms. The Kier molecular flexibility index (Phi) is 3.12. The van der Waals surface area contributed by atoms with Crippen LogP contribution in [0.4, 0.5) is 4.79 Å². The monoisotopic (exact) mass is 162 g/mol. The van der Waals surface area contributed by atoms with Gasteiger partial charge in [-0.3, -0.25) is 10.1 Å². The second-order valence-corrected chi connectivity index (χ2v) is 1.34. The van der Waals surface area contributed by atoms with E-state index < -0.39 is 17.9 Å². The van der Waals surface area contributed by atoms with Gasteiger partial charge in [-0.25, -0.2) is 9.59 Å². The number of carboxylic acid groups (broad SMARTS) is 1. The second-order valence-electron chi connectivity index (χ2n) is 1.16. The Morgan fingerprint density at radius 3 is 2.20 bits per heavy atom. The van der Waals surface area contributed by atoms with Crippen LogP contribution in [0.15, 0.2) is 4.36 Å². The van der Waals surface area contributed by atoms with Crippen LogP contribution in [0.5, 0.6) is 0 Å². The van der Waals surface area contributed by atoms with Crippen molar-refractivity contribution < 1.29 is 19.5 Å². The molecule has 0 aliphatic carbocycles. The molecule has 0 saturated carbocycles. The number of amides is 3. The molecule has 0 aromatic rings. The standard InChI is InChI=1S/C3H2N2O4S/c6-1(2(7)8)4-3(9)5-10/h(H,7,8)(H,4,6,9). The third-order valence-corrected chi connectivity index (χ3v) is 0.663. The molecule has 0 aromatic carbocycles. The zero-order valence-corrected chi connectivity index (χ0v) is 5.34. The van der Waals surface area contributed by atoms with E-state index in [1.54, 1.807) is 0 Å². The summed E-state index contributed by atoms with van der Waals surface area (Å²) in [6.45, 7) is 0. The van der Waals surface area contributed by atoms with Crippen molar-refractivity contribution in [2.24, 2.45) is 4.36 Å². The summed E-state index contributed by atoms with van der Waals surface area (Å²) in [5, 5.41) is 9.27. The Morgan fingerprint density at radius 1 is 1.40 bits per heavy atom. The largest absolute Gasteiger partial charge is 0.474 e. The molecule has 3 amide bonds. The van der Waals surface area contributed by atoms with Crippen LogP contribution in [0.25, 0.3) is 0 Å². The predicted molar refractivity (Wildman–Crippen MR) is 31.0 cm³/mol. The Balaban J connectivity index is 3.92. The minimum absolute atomic E-state index is 1.15. The van der Waals surface area contributed by atoms with Crippen molar-refractivity contribution in [3.05, 3.63) is 0 Å². The number of nitrogens with zero attached hydrogens (tertiary/aromatic N) is 1. The number of urea groups is 1. The molecule has 6 nitrogen and oxygen atoms in total. The van der Waals surface area contributed by atoms with Gasteiger partial charge >= 0.3 is 17.9 Å². The molecule has 2 N–H and O–H groups in total. The van der Waals surface area contributed by atoms with Gasteiger partial charge in [-0.1, -0.05) is 0 Å². The number of rotatable bonds is 0. The van der Waals surface area contributed by atoms with Gasteiger partial charge in [-0.15, -0.1) is 4.36 Å². The average Bonchev–Trinajstić information content (AvgIpc) is 1.87. The number of carboxylic acids is 1. The van der Waals surface area contributed by atoms with Crippen LogP contribution >= 0.6 is 0 Å². The van der Waals surface area contributed by atoms with Crippen LogP contribution < -0.4 is 5.32 Å². The normalized spacial score (nSPS) is 8.00. The molecule has 0 aliphatic rings. The maximum absolute atomic E-state index is 10.1. The van der Waals surface area contributed by atoms with E-state index >= 15 is 0 Å². The van der Waals surface area contributed by atoms with Crippen molar-refractivity contribution in [2.75, 3.05) is 0 Å². The first-order chi connectivity index (χ1) is 4.57. The van der Waals surface area contributed by atoms with Gasteiger partial charge < -0.3 is 5.11 Å². The van der Waals surface area contributed by atoms with E-state index in [2.05, 4.69) is 16.8 Å². The first-order valence-corrected chi connectivity index (χ1v) is 2.36. The van der Waals surface area contributed by atoms with E-state index in [0.717, 1.165) is 0 Å². The SMILES string of the molecule is O=C(N=S)NC(=O)C(=O)O. The highest BCUT2D eigenvalue weighted by Gasteiger charge is 2.13. The van der Waals surface area contributed by atoms with Gasteiger partial charge in [0.2, 0.25) is 0 Å². The lowest BCUT2D eigenvalue weighted by molar-refractivity contribution is -0.149. The Morgan fingerprint density at radius 2 is 1.90 bits per heavy atom. The van der Waals surface area contributed by atoms with Crippen LogP contribution in [0.2, 0.25) is 0 Å². The lowest BCUT2D eigenvalue weighted by atomic mass is 10.6. The van der Waals surface area contributed by atoms with Crippen LogP contribution in [0.3, 0.4) is 0 Å². The molecular weight excluding hydrogens is 160 g/mol. The van der Waals surface area contributed by atoms with Crippen molar-refractivity contribution in [1.29, 1.82) is 0 Å². The molecule has 0 radical (unpaired) electrons. The molecule has 54 valence electrons. The maximum Gasteiger partial charge on any atom is 0.394 e. The van der Waals surface area contributed by atoms with Crippen molar-refractivity contribution >= 4 is 30.3 Å². The molecule has 0 saturated heterocycles. The number of carbonyl (C=O) groups is 3.